The number of hydrogen-bond donors (Lipinski definition) is 2. The van der Waals surface area contributed by atoms with Gasteiger partial charge in [0.05, 0.1) is 33.9 Å². The molecule has 0 radical (unpaired) electrons. The van der Waals surface area contributed by atoms with Gasteiger partial charge in [-0.3, -0.25) is 4.79 Å². The summed E-state index contributed by atoms with van der Waals surface area (Å²) in [4.78, 5) is 16.1. The summed E-state index contributed by atoms with van der Waals surface area (Å²) in [6, 6.07) is 4.57. The second-order valence-corrected chi connectivity index (χ2v) is 7.89. The number of rotatable bonds is 4. The van der Waals surface area contributed by atoms with Gasteiger partial charge in [0.2, 0.25) is 0 Å². The topological polar surface area (TPSA) is 142 Å². The first kappa shape index (κ1) is 25.4. The molecule has 7 nitrogen and oxygen atoms in total. The number of pyridine rings is 2. The molecule has 0 aliphatic rings. The molecule has 2 atom stereocenters. The number of nitrogens with zero attached hydrogens (tertiary/aromatic N) is 4. The second-order valence-electron chi connectivity index (χ2n) is 6.06. The number of ketones is 1. The molecule has 0 spiro atoms. The highest BCUT2D eigenvalue weighted by Gasteiger charge is 2.40. The lowest BCUT2D eigenvalue weighted by Gasteiger charge is -2.18. The zero-order valence-corrected chi connectivity index (χ0v) is 18.4. The number of carbonyl (C=O) groups is 1. The molecule has 0 aliphatic heterocycles. The maximum absolute atomic E-state index is 13.2. The van der Waals surface area contributed by atoms with E-state index in [0.717, 1.165) is 12.1 Å². The molecule has 0 aliphatic carbocycles. The zero-order valence-electron chi connectivity index (χ0n) is 15.2. The van der Waals surface area contributed by atoms with Gasteiger partial charge in [-0.1, -0.05) is 31.9 Å². The Morgan fingerprint density at radius 3 is 1.41 bits per heavy atom. The summed E-state index contributed by atoms with van der Waals surface area (Å²) in [5.74, 6) is -1.02. The first-order valence-electron chi connectivity index (χ1n) is 8.00. The summed E-state index contributed by atoms with van der Waals surface area (Å²) in [5.41, 5.74) is 3.16. The molecule has 2 aromatic heterocycles. The van der Waals surface area contributed by atoms with Crippen LogP contribution in [0, 0.1) is 22.7 Å². The van der Waals surface area contributed by atoms with Crippen LogP contribution in [0.2, 0.25) is 0 Å². The van der Waals surface area contributed by atoms with Crippen LogP contribution in [0.25, 0.3) is 0 Å². The number of hydrogen-bond acceptors (Lipinski definition) is 7. The number of Topliss-reactive ketones (excluding diaryl/α,β-unsaturated/α-hetero) is 1. The Labute approximate surface area is 192 Å². The molecule has 0 aromatic carbocycles. The van der Waals surface area contributed by atoms with Crippen molar-refractivity contribution in [2.24, 2.45) is 0 Å². The number of alkyl halides is 8. The maximum atomic E-state index is 13.2. The van der Waals surface area contributed by atoms with Crippen molar-refractivity contribution in [2.75, 3.05) is 11.5 Å². The molecule has 0 amide bonds. The Morgan fingerprint density at radius 1 is 0.844 bits per heavy atom. The van der Waals surface area contributed by atoms with Crippen molar-refractivity contribution in [3.05, 3.63) is 46.0 Å². The predicted molar refractivity (Wildman–Crippen MR) is 105 cm³/mol. The number of aromatic nitrogens is 2. The van der Waals surface area contributed by atoms with Crippen LogP contribution in [0.3, 0.4) is 0 Å². The fourth-order valence-corrected chi connectivity index (χ4v) is 3.80. The van der Waals surface area contributed by atoms with E-state index >= 15 is 0 Å². The number of nitrogens with two attached hydrogens (primary N) is 2. The number of halogens is 8. The first-order valence-corrected chi connectivity index (χ1v) is 9.83. The van der Waals surface area contributed by atoms with E-state index in [1.165, 1.54) is 12.1 Å². The summed E-state index contributed by atoms with van der Waals surface area (Å²) >= 11 is 5.69. The molecule has 2 rings (SSSR count). The molecule has 32 heavy (non-hydrogen) atoms. The van der Waals surface area contributed by atoms with Crippen molar-refractivity contribution in [3.63, 3.8) is 0 Å². The van der Waals surface area contributed by atoms with Crippen LogP contribution < -0.4 is 11.5 Å². The van der Waals surface area contributed by atoms with Crippen molar-refractivity contribution in [3.8, 4) is 12.1 Å². The first-order chi connectivity index (χ1) is 14.6. The number of anilines is 2. The zero-order chi connectivity index (χ0) is 24.6. The number of nitriles is 2. The maximum Gasteiger partial charge on any atom is 0.435 e. The SMILES string of the molecule is N#Cc1cc(C(Br)C(=O)C(Br)c2cc(C#N)c(N)c(C(F)(F)F)n2)nc(C(F)(F)F)c1N. The molecule has 15 heteroatoms. The fourth-order valence-electron chi connectivity index (χ4n) is 2.45. The standard InChI is InChI=1S/C17H8Br2F6N6O/c18-9(7-1-5(3-26)11(28)14(30-7)16(20,21)22)13(32)10(19)8-2-6(4-27)12(29)15(31-8)17(23,24)25/h1-2,9-10H,28-29H2. The highest BCUT2D eigenvalue weighted by Crippen LogP contribution is 2.40. The number of carbonyl (C=O) groups excluding carboxylic acids is 1. The minimum Gasteiger partial charge on any atom is -0.396 e. The summed E-state index contributed by atoms with van der Waals surface area (Å²) in [5, 5.41) is 18.1. The molecule has 0 bridgehead atoms. The smallest absolute Gasteiger partial charge is 0.396 e. The molecule has 0 saturated heterocycles. The van der Waals surface area contributed by atoms with Crippen LogP contribution in [0.5, 0.6) is 0 Å². The molecular weight excluding hydrogens is 578 g/mol. The van der Waals surface area contributed by atoms with E-state index in [0.29, 0.717) is 0 Å². The van der Waals surface area contributed by atoms with Gasteiger partial charge in [0.15, 0.2) is 17.2 Å². The molecular formula is C17H8Br2F6N6O. The Bertz CT molecular complexity index is 1080. The molecule has 2 aromatic rings. The second kappa shape index (κ2) is 8.91. The average molecular weight is 586 g/mol. The summed E-state index contributed by atoms with van der Waals surface area (Å²) in [6.07, 6.45) is -10.1. The molecule has 168 valence electrons. The molecule has 2 heterocycles. The van der Waals surface area contributed by atoms with Gasteiger partial charge in [-0.05, 0) is 12.1 Å². The van der Waals surface area contributed by atoms with E-state index in [9.17, 15) is 31.1 Å². The Kier molecular flexibility index (Phi) is 7.06. The quantitative estimate of drug-likeness (QED) is 0.395. The van der Waals surface area contributed by atoms with Gasteiger partial charge >= 0.3 is 12.4 Å². The van der Waals surface area contributed by atoms with Gasteiger partial charge in [-0.15, -0.1) is 0 Å². The van der Waals surface area contributed by atoms with E-state index in [1.807, 2.05) is 0 Å². The van der Waals surface area contributed by atoms with E-state index in [2.05, 4.69) is 41.8 Å². The van der Waals surface area contributed by atoms with Gasteiger partial charge < -0.3 is 11.5 Å². The van der Waals surface area contributed by atoms with E-state index < -0.39 is 73.1 Å². The molecule has 4 N–H and O–H groups in total. The molecule has 0 saturated carbocycles. The van der Waals surface area contributed by atoms with Crippen LogP contribution in [0.4, 0.5) is 37.7 Å². The normalized spacial score (nSPS) is 13.7. The van der Waals surface area contributed by atoms with Gasteiger partial charge in [-0.25, -0.2) is 9.97 Å². The highest BCUT2D eigenvalue weighted by atomic mass is 79.9. The van der Waals surface area contributed by atoms with E-state index in [-0.39, 0.29) is 0 Å². The lowest BCUT2D eigenvalue weighted by Crippen LogP contribution is -2.20. The summed E-state index contributed by atoms with van der Waals surface area (Å²) in [7, 11) is 0. The third-order valence-electron chi connectivity index (χ3n) is 3.95. The van der Waals surface area contributed by atoms with Crippen molar-refractivity contribution >= 4 is 49.0 Å². The van der Waals surface area contributed by atoms with Crippen LogP contribution >= 0.6 is 31.9 Å². The third kappa shape index (κ3) is 4.94. The summed E-state index contributed by atoms with van der Waals surface area (Å²) < 4.78 is 79.1. The van der Waals surface area contributed by atoms with Crippen molar-refractivity contribution < 1.29 is 31.1 Å². The Balaban J connectivity index is 2.56. The third-order valence-corrected chi connectivity index (χ3v) is 5.79. The Hall–Kier alpha value is -2.91. The van der Waals surface area contributed by atoms with Gasteiger partial charge in [-0.2, -0.15) is 36.9 Å². The van der Waals surface area contributed by atoms with Crippen molar-refractivity contribution in [1.29, 1.82) is 10.5 Å². The largest absolute Gasteiger partial charge is 0.435 e. The van der Waals surface area contributed by atoms with Crippen molar-refractivity contribution in [1.82, 2.24) is 9.97 Å². The monoisotopic (exact) mass is 584 g/mol. The van der Waals surface area contributed by atoms with E-state index in [4.69, 9.17) is 22.0 Å². The molecule has 2 unspecified atom stereocenters. The van der Waals surface area contributed by atoms with E-state index in [1.54, 1.807) is 0 Å². The van der Waals surface area contributed by atoms with Crippen LogP contribution in [0.15, 0.2) is 12.1 Å². The number of nitrogen functional groups attached to an aromatic ring is 2. The van der Waals surface area contributed by atoms with Crippen LogP contribution in [-0.2, 0) is 17.1 Å². The highest BCUT2D eigenvalue weighted by molar-refractivity contribution is 9.10. The van der Waals surface area contributed by atoms with Crippen LogP contribution in [-0.4, -0.2) is 15.8 Å². The Morgan fingerprint density at radius 2 is 1.16 bits per heavy atom. The minimum absolute atomic E-state index is 0.565. The average Bonchev–Trinajstić information content (AvgIpc) is 2.70. The minimum atomic E-state index is -5.04. The molecule has 0 fully saturated rings. The fraction of sp³-hybridized carbons (Fsp3) is 0.235. The van der Waals surface area contributed by atoms with Crippen LogP contribution in [0.1, 0.15) is 43.6 Å². The summed E-state index contributed by atoms with van der Waals surface area (Å²) in [6.45, 7) is 0. The van der Waals surface area contributed by atoms with Gasteiger partial charge in [0.25, 0.3) is 0 Å². The lowest BCUT2D eigenvalue weighted by atomic mass is 10.0. The van der Waals surface area contributed by atoms with Crippen molar-refractivity contribution in [2.45, 2.75) is 22.0 Å². The lowest BCUT2D eigenvalue weighted by molar-refractivity contribution is -0.141. The van der Waals surface area contributed by atoms with Gasteiger partial charge in [0, 0.05) is 0 Å². The van der Waals surface area contributed by atoms with Gasteiger partial charge in [0.1, 0.15) is 21.8 Å². The predicted octanol–water partition coefficient (Wildman–Crippen LogP) is 4.56.